The largest absolute Gasteiger partial charge is 0.493 e. The summed E-state index contributed by atoms with van der Waals surface area (Å²) in [7, 11) is -0.968. The number of rotatable bonds is 8. The number of halogens is 1. The lowest BCUT2D eigenvalue weighted by Gasteiger charge is -2.12. The number of carbonyl (C=O) groups excluding carboxylic acids is 1. The number of nitrogens with one attached hydrogen (secondary N) is 1. The summed E-state index contributed by atoms with van der Waals surface area (Å²) < 4.78 is 41.3. The number of sulfonamides is 1. The van der Waals surface area contributed by atoms with Crippen LogP contribution in [0.2, 0.25) is 5.02 Å². The Hall–Kier alpha value is -4.08. The van der Waals surface area contributed by atoms with Gasteiger partial charge in [-0.1, -0.05) is 41.9 Å². The lowest BCUT2D eigenvalue weighted by molar-refractivity contribution is 0.0734. The van der Waals surface area contributed by atoms with Crippen molar-refractivity contribution in [2.45, 2.75) is 4.90 Å². The van der Waals surface area contributed by atoms with Crippen molar-refractivity contribution in [3.05, 3.63) is 95.0 Å². The molecule has 0 spiro atoms. The fourth-order valence-corrected chi connectivity index (χ4v) is 4.36. The lowest BCUT2D eigenvalue weighted by atomic mass is 10.0. The van der Waals surface area contributed by atoms with Crippen LogP contribution in [0, 0.1) is 0 Å². The Bertz CT molecular complexity index is 1550. The quantitative estimate of drug-likeness (QED) is 0.150. The Kier molecular flexibility index (Phi) is 7.42. The molecule has 0 saturated heterocycles. The Morgan fingerprint density at radius 2 is 1.58 bits per heavy atom. The first-order valence-corrected chi connectivity index (χ1v) is 12.4. The van der Waals surface area contributed by atoms with Crippen molar-refractivity contribution in [2.24, 2.45) is 5.10 Å². The molecular weight excluding hydrogens is 504 g/mol. The zero-order valence-electron chi connectivity index (χ0n) is 19.3. The van der Waals surface area contributed by atoms with Gasteiger partial charge in [0.05, 0.1) is 30.9 Å². The van der Waals surface area contributed by atoms with E-state index in [1.807, 2.05) is 24.3 Å². The summed E-state index contributed by atoms with van der Waals surface area (Å²) >= 11 is 5.84. The van der Waals surface area contributed by atoms with Crippen molar-refractivity contribution in [3.63, 3.8) is 0 Å². The minimum absolute atomic E-state index is 0.00192. The van der Waals surface area contributed by atoms with Crippen LogP contribution in [0.5, 0.6) is 17.2 Å². The van der Waals surface area contributed by atoms with Crippen molar-refractivity contribution >= 4 is 44.6 Å². The van der Waals surface area contributed by atoms with Crippen LogP contribution in [0.25, 0.3) is 10.8 Å². The molecule has 0 atom stereocenters. The monoisotopic (exact) mass is 524 g/mol. The second kappa shape index (κ2) is 10.7. The Morgan fingerprint density at radius 1 is 0.889 bits per heavy atom. The van der Waals surface area contributed by atoms with Crippen molar-refractivity contribution in [1.29, 1.82) is 0 Å². The fourth-order valence-electron chi connectivity index (χ4n) is 3.45. The molecule has 0 amide bonds. The topological polar surface area (TPSA) is 103 Å². The number of hydrogen-bond donors (Lipinski definition) is 1. The zero-order valence-corrected chi connectivity index (χ0v) is 20.8. The normalized spacial score (nSPS) is 11.4. The van der Waals surface area contributed by atoms with Gasteiger partial charge >= 0.3 is 5.97 Å². The Morgan fingerprint density at radius 3 is 2.31 bits per heavy atom. The van der Waals surface area contributed by atoms with Crippen LogP contribution in [-0.4, -0.2) is 34.8 Å². The number of esters is 1. The van der Waals surface area contributed by atoms with Crippen molar-refractivity contribution in [1.82, 2.24) is 4.83 Å². The van der Waals surface area contributed by atoms with Gasteiger partial charge in [0.1, 0.15) is 5.75 Å². The van der Waals surface area contributed by atoms with Crippen LogP contribution >= 0.6 is 11.6 Å². The Labute approximate surface area is 213 Å². The first-order chi connectivity index (χ1) is 17.3. The van der Waals surface area contributed by atoms with E-state index in [2.05, 4.69) is 9.93 Å². The van der Waals surface area contributed by atoms with Crippen molar-refractivity contribution in [2.75, 3.05) is 14.2 Å². The molecular formula is C26H21ClN2O6S. The summed E-state index contributed by atoms with van der Waals surface area (Å²) in [5.41, 5.74) is 0.660. The Balaban J connectivity index is 1.66. The van der Waals surface area contributed by atoms with Gasteiger partial charge in [-0.15, -0.1) is 0 Å². The highest BCUT2D eigenvalue weighted by molar-refractivity contribution is 7.89. The van der Waals surface area contributed by atoms with E-state index in [1.54, 1.807) is 24.3 Å². The van der Waals surface area contributed by atoms with E-state index in [-0.39, 0.29) is 16.2 Å². The number of methoxy groups -OCH3 is 2. The molecule has 0 bridgehead atoms. The number of fused-ring (bicyclic) bond motifs is 1. The van der Waals surface area contributed by atoms with Crippen LogP contribution in [-0.2, 0) is 10.0 Å². The smallest absolute Gasteiger partial charge is 0.343 e. The molecule has 0 heterocycles. The minimum atomic E-state index is -3.93. The molecule has 0 radical (unpaired) electrons. The molecule has 0 aromatic heterocycles. The molecule has 184 valence electrons. The molecule has 4 aromatic rings. The van der Waals surface area contributed by atoms with E-state index in [0.29, 0.717) is 27.5 Å². The van der Waals surface area contributed by atoms with Crippen LogP contribution in [0.15, 0.2) is 88.9 Å². The molecule has 0 saturated carbocycles. The van der Waals surface area contributed by atoms with Crippen molar-refractivity contribution in [3.8, 4) is 17.2 Å². The average Bonchev–Trinajstić information content (AvgIpc) is 2.89. The van der Waals surface area contributed by atoms with Gasteiger partial charge in [-0.3, -0.25) is 0 Å². The van der Waals surface area contributed by atoms with E-state index >= 15 is 0 Å². The highest BCUT2D eigenvalue weighted by atomic mass is 35.5. The van der Waals surface area contributed by atoms with Gasteiger partial charge in [-0.05, 0) is 59.3 Å². The maximum absolute atomic E-state index is 12.9. The third-order valence-corrected chi connectivity index (χ3v) is 6.73. The number of ether oxygens (including phenoxy) is 3. The van der Waals surface area contributed by atoms with E-state index in [1.165, 1.54) is 50.8 Å². The van der Waals surface area contributed by atoms with Crippen molar-refractivity contribution < 1.29 is 27.4 Å². The third-order valence-electron chi connectivity index (χ3n) is 5.24. The van der Waals surface area contributed by atoms with Gasteiger partial charge in [0, 0.05) is 10.6 Å². The van der Waals surface area contributed by atoms with Gasteiger partial charge in [0.2, 0.25) is 0 Å². The highest BCUT2D eigenvalue weighted by Crippen LogP contribution is 2.30. The zero-order chi connectivity index (χ0) is 25.7. The summed E-state index contributed by atoms with van der Waals surface area (Å²) in [5, 5.41) is 5.91. The maximum atomic E-state index is 12.9. The molecule has 4 aromatic carbocycles. The van der Waals surface area contributed by atoms with Crippen LogP contribution in [0.1, 0.15) is 15.9 Å². The molecule has 0 aliphatic heterocycles. The molecule has 4 rings (SSSR count). The first-order valence-electron chi connectivity index (χ1n) is 10.6. The summed E-state index contributed by atoms with van der Waals surface area (Å²) in [6.45, 7) is 0. The molecule has 0 fully saturated rings. The molecule has 0 unspecified atom stereocenters. The van der Waals surface area contributed by atoms with Gasteiger partial charge in [0.15, 0.2) is 11.5 Å². The predicted octanol–water partition coefficient (Wildman–Crippen LogP) is 5.04. The van der Waals surface area contributed by atoms with Gasteiger partial charge in [0.25, 0.3) is 10.0 Å². The van der Waals surface area contributed by atoms with Gasteiger partial charge in [-0.25, -0.2) is 9.63 Å². The van der Waals surface area contributed by atoms with Crippen LogP contribution in [0.4, 0.5) is 0 Å². The summed E-state index contributed by atoms with van der Waals surface area (Å²) in [6, 6.07) is 21.1. The average molecular weight is 525 g/mol. The van der Waals surface area contributed by atoms with Crippen LogP contribution in [0.3, 0.4) is 0 Å². The second-order valence-corrected chi connectivity index (χ2v) is 9.56. The third kappa shape index (κ3) is 5.42. The van der Waals surface area contributed by atoms with Gasteiger partial charge in [-0.2, -0.15) is 13.5 Å². The second-order valence-electron chi connectivity index (χ2n) is 7.46. The minimum Gasteiger partial charge on any atom is -0.493 e. The van der Waals surface area contributed by atoms with Crippen LogP contribution < -0.4 is 19.0 Å². The van der Waals surface area contributed by atoms with E-state index in [9.17, 15) is 13.2 Å². The number of hydrazone groups is 1. The number of benzene rings is 4. The highest BCUT2D eigenvalue weighted by Gasteiger charge is 2.17. The maximum Gasteiger partial charge on any atom is 0.343 e. The molecule has 10 heteroatoms. The molecule has 8 nitrogen and oxygen atoms in total. The van der Waals surface area contributed by atoms with E-state index < -0.39 is 16.0 Å². The van der Waals surface area contributed by atoms with E-state index in [0.717, 1.165) is 5.39 Å². The fraction of sp³-hybridized carbons (Fsp3) is 0.0769. The number of carbonyl (C=O) groups is 1. The first kappa shape index (κ1) is 25.0. The summed E-state index contributed by atoms with van der Waals surface area (Å²) in [4.78, 5) is 15.1. The van der Waals surface area contributed by atoms with Gasteiger partial charge < -0.3 is 14.2 Å². The van der Waals surface area contributed by atoms with E-state index in [4.69, 9.17) is 25.8 Å². The summed E-state index contributed by atoms with van der Waals surface area (Å²) in [6.07, 6.45) is 1.30. The number of hydrogen-bond acceptors (Lipinski definition) is 7. The molecule has 36 heavy (non-hydrogen) atoms. The SMILES string of the molecule is COc1ccc(C(=O)Oc2ccc3ccccc3c2/C=N/NS(=O)(=O)c2ccc(Cl)cc2)cc1OC. The molecule has 1 N–H and O–H groups in total. The molecule has 0 aliphatic carbocycles. The standard InChI is InChI=1S/C26H21ClN2O6S/c1-33-24-14-8-18(15-25(24)34-2)26(30)35-23-13-7-17-5-3-4-6-21(17)22(23)16-28-29-36(31,32)20-11-9-19(27)10-12-20/h3-16,29H,1-2H3/b28-16+. The summed E-state index contributed by atoms with van der Waals surface area (Å²) in [5.74, 6) is 0.412. The lowest BCUT2D eigenvalue weighted by Crippen LogP contribution is -2.18. The number of nitrogens with zero attached hydrogens (tertiary/aromatic N) is 1. The molecule has 0 aliphatic rings. The predicted molar refractivity (Wildman–Crippen MR) is 138 cm³/mol.